The van der Waals surface area contributed by atoms with E-state index >= 15 is 0 Å². The Hall–Kier alpha value is -6.71. The van der Waals surface area contributed by atoms with Crippen LogP contribution in [0.25, 0.3) is 88.5 Å². The summed E-state index contributed by atoms with van der Waals surface area (Å²) in [4.78, 5) is 4.88. The zero-order valence-electron chi connectivity index (χ0n) is 27.2. The van der Waals surface area contributed by atoms with Gasteiger partial charge in [-0.1, -0.05) is 115 Å². The summed E-state index contributed by atoms with van der Waals surface area (Å²) in [6.07, 6.45) is 1.89. The smallest absolute Gasteiger partial charge is 0.0963 e. The number of pyridine rings is 1. The fourth-order valence-corrected chi connectivity index (χ4v) is 7.59. The van der Waals surface area contributed by atoms with Crippen LogP contribution in [-0.4, -0.2) is 14.1 Å². The molecule has 0 bridgehead atoms. The Morgan fingerprint density at radius 2 is 0.740 bits per heavy atom. The van der Waals surface area contributed by atoms with E-state index in [4.69, 9.17) is 4.98 Å². The molecule has 0 amide bonds. The maximum absolute atomic E-state index is 4.88. The maximum atomic E-state index is 4.88. The van der Waals surface area contributed by atoms with Crippen LogP contribution in [0, 0.1) is 0 Å². The Morgan fingerprint density at radius 3 is 1.36 bits per heavy atom. The van der Waals surface area contributed by atoms with E-state index in [1.54, 1.807) is 0 Å². The summed E-state index contributed by atoms with van der Waals surface area (Å²) in [6.45, 7) is 0. The predicted octanol–water partition coefficient (Wildman–Crippen LogP) is 12.3. The number of benzene rings is 7. The molecule has 3 aromatic heterocycles. The van der Waals surface area contributed by atoms with Crippen molar-refractivity contribution in [3.63, 3.8) is 0 Å². The Balaban J connectivity index is 1.08. The first-order valence-electron chi connectivity index (χ1n) is 17.0. The van der Waals surface area contributed by atoms with Crippen molar-refractivity contribution in [3.05, 3.63) is 188 Å². The predicted molar refractivity (Wildman–Crippen MR) is 209 cm³/mol. The summed E-state index contributed by atoms with van der Waals surface area (Å²) in [5, 5.41) is 3.63. The van der Waals surface area contributed by atoms with Gasteiger partial charge in [0.1, 0.15) is 0 Å². The molecule has 7 aromatic carbocycles. The minimum absolute atomic E-state index is 1.01. The normalized spacial score (nSPS) is 11.6. The van der Waals surface area contributed by atoms with E-state index in [1.165, 1.54) is 55.2 Å². The topological polar surface area (TPSA) is 22.8 Å². The second-order valence-electron chi connectivity index (χ2n) is 12.8. The summed E-state index contributed by atoms with van der Waals surface area (Å²) in [5.41, 5.74) is 15.1. The average molecular weight is 638 g/mol. The van der Waals surface area contributed by atoms with Gasteiger partial charge >= 0.3 is 0 Å². The van der Waals surface area contributed by atoms with Crippen LogP contribution in [0.15, 0.2) is 188 Å². The largest absolute Gasteiger partial charge is 0.309 e. The average Bonchev–Trinajstić information content (AvgIpc) is 3.71. The molecule has 0 aliphatic rings. The highest BCUT2D eigenvalue weighted by atomic mass is 15.0. The molecule has 3 heteroatoms. The Morgan fingerprint density at radius 1 is 0.300 bits per heavy atom. The lowest BCUT2D eigenvalue weighted by Crippen LogP contribution is -1.94. The molecule has 3 nitrogen and oxygen atoms in total. The van der Waals surface area contributed by atoms with Crippen molar-refractivity contribution >= 4 is 43.7 Å². The van der Waals surface area contributed by atoms with E-state index in [1.807, 2.05) is 12.3 Å². The SMILES string of the molecule is c1ccc(-c2ccc(-n3c4ccccc4c4cc(-c5ccc6c(c5)c5ncccc5n6-c5ccc(-c6ccccc6)cc5)ccc43)cc2)cc1. The summed E-state index contributed by atoms with van der Waals surface area (Å²) in [6, 6.07) is 65.4. The molecule has 50 heavy (non-hydrogen) atoms. The van der Waals surface area contributed by atoms with Crippen LogP contribution in [0.2, 0.25) is 0 Å². The molecule has 10 rings (SSSR count). The number of nitrogens with zero attached hydrogens (tertiary/aromatic N) is 3. The number of rotatable bonds is 5. The standard InChI is InChI=1S/C47H31N3/c1-3-10-32(11-4-1)34-17-23-38(24-18-34)49-43-15-8-7-14-40(43)41-30-36(21-27-44(41)49)37-22-28-45-42(31-37)47-46(16-9-29-48-47)50(45)39-25-19-35(20-26-39)33-12-5-2-6-13-33/h1-31H. The zero-order chi connectivity index (χ0) is 33.0. The Kier molecular flexibility index (Phi) is 6.49. The summed E-state index contributed by atoms with van der Waals surface area (Å²) >= 11 is 0. The van der Waals surface area contributed by atoms with E-state index in [0.29, 0.717) is 0 Å². The van der Waals surface area contributed by atoms with Gasteiger partial charge < -0.3 is 9.13 Å². The van der Waals surface area contributed by atoms with Crippen molar-refractivity contribution in [2.45, 2.75) is 0 Å². The molecule has 0 atom stereocenters. The molecular formula is C47H31N3. The molecule has 0 saturated heterocycles. The van der Waals surface area contributed by atoms with Crippen molar-refractivity contribution < 1.29 is 0 Å². The molecule has 0 saturated carbocycles. The summed E-state index contributed by atoms with van der Waals surface area (Å²) < 4.78 is 4.71. The number of fused-ring (bicyclic) bond motifs is 6. The second kappa shape index (κ2) is 11.5. The lowest BCUT2D eigenvalue weighted by Gasteiger charge is -2.10. The highest BCUT2D eigenvalue weighted by Crippen LogP contribution is 2.38. The van der Waals surface area contributed by atoms with E-state index in [0.717, 1.165) is 33.3 Å². The first-order valence-corrected chi connectivity index (χ1v) is 17.0. The third-order valence-electron chi connectivity index (χ3n) is 9.99. The van der Waals surface area contributed by atoms with Crippen molar-refractivity contribution in [3.8, 4) is 44.8 Å². The molecular weight excluding hydrogens is 607 g/mol. The molecule has 0 aliphatic carbocycles. The van der Waals surface area contributed by atoms with Gasteiger partial charge in [-0.15, -0.1) is 0 Å². The van der Waals surface area contributed by atoms with Crippen LogP contribution >= 0.6 is 0 Å². The molecule has 234 valence electrons. The van der Waals surface area contributed by atoms with Gasteiger partial charge in [0.2, 0.25) is 0 Å². The van der Waals surface area contributed by atoms with Crippen LogP contribution in [0.4, 0.5) is 0 Å². The van der Waals surface area contributed by atoms with Gasteiger partial charge in [-0.2, -0.15) is 0 Å². The third kappa shape index (κ3) is 4.56. The van der Waals surface area contributed by atoms with Crippen LogP contribution < -0.4 is 0 Å². The lowest BCUT2D eigenvalue weighted by molar-refractivity contribution is 1.18. The van der Waals surface area contributed by atoms with Crippen molar-refractivity contribution in [1.29, 1.82) is 0 Å². The number of hydrogen-bond acceptors (Lipinski definition) is 1. The summed E-state index contributed by atoms with van der Waals surface area (Å²) in [7, 11) is 0. The van der Waals surface area contributed by atoms with Crippen molar-refractivity contribution in [2.75, 3.05) is 0 Å². The molecule has 3 heterocycles. The second-order valence-corrected chi connectivity index (χ2v) is 12.8. The monoisotopic (exact) mass is 637 g/mol. The van der Waals surface area contributed by atoms with Crippen LogP contribution in [0.3, 0.4) is 0 Å². The molecule has 10 aromatic rings. The number of para-hydroxylation sites is 1. The van der Waals surface area contributed by atoms with Crippen LogP contribution in [0.1, 0.15) is 0 Å². The van der Waals surface area contributed by atoms with Gasteiger partial charge in [-0.25, -0.2) is 0 Å². The van der Waals surface area contributed by atoms with Gasteiger partial charge in [0, 0.05) is 33.7 Å². The minimum atomic E-state index is 1.01. The van der Waals surface area contributed by atoms with E-state index < -0.39 is 0 Å². The zero-order valence-corrected chi connectivity index (χ0v) is 27.2. The van der Waals surface area contributed by atoms with Crippen LogP contribution in [0.5, 0.6) is 0 Å². The number of hydrogen-bond donors (Lipinski definition) is 0. The molecule has 0 N–H and O–H groups in total. The fraction of sp³-hybridized carbons (Fsp3) is 0. The van der Waals surface area contributed by atoms with Gasteiger partial charge in [0.15, 0.2) is 0 Å². The third-order valence-corrected chi connectivity index (χ3v) is 9.99. The van der Waals surface area contributed by atoms with Crippen molar-refractivity contribution in [2.24, 2.45) is 0 Å². The highest BCUT2D eigenvalue weighted by molar-refractivity contribution is 6.12. The van der Waals surface area contributed by atoms with Crippen molar-refractivity contribution in [1.82, 2.24) is 14.1 Å². The van der Waals surface area contributed by atoms with E-state index in [9.17, 15) is 0 Å². The molecule has 0 fully saturated rings. The maximum Gasteiger partial charge on any atom is 0.0963 e. The summed E-state index contributed by atoms with van der Waals surface area (Å²) in [5.74, 6) is 0. The first-order chi connectivity index (χ1) is 24.8. The van der Waals surface area contributed by atoms with E-state index in [-0.39, 0.29) is 0 Å². The fourth-order valence-electron chi connectivity index (χ4n) is 7.59. The quantitative estimate of drug-likeness (QED) is 0.184. The first kappa shape index (κ1) is 28.3. The van der Waals surface area contributed by atoms with Crippen LogP contribution in [-0.2, 0) is 0 Å². The van der Waals surface area contributed by atoms with Gasteiger partial charge in [-0.05, 0) is 100 Å². The lowest BCUT2D eigenvalue weighted by atomic mass is 10.0. The van der Waals surface area contributed by atoms with Gasteiger partial charge in [-0.3, -0.25) is 4.98 Å². The molecule has 0 unspecified atom stereocenters. The minimum Gasteiger partial charge on any atom is -0.309 e. The van der Waals surface area contributed by atoms with E-state index in [2.05, 4.69) is 185 Å². The molecule has 0 spiro atoms. The Bertz CT molecular complexity index is 2630. The van der Waals surface area contributed by atoms with Gasteiger partial charge in [0.05, 0.1) is 27.6 Å². The highest BCUT2D eigenvalue weighted by Gasteiger charge is 2.17. The molecule has 0 radical (unpaired) electrons. The van der Waals surface area contributed by atoms with Gasteiger partial charge in [0.25, 0.3) is 0 Å². The Labute approximate surface area is 290 Å². The molecule has 0 aliphatic heterocycles. The number of aromatic nitrogens is 3.